The standard InChI is InChI=1S/C16H23N3O2/c1-11-6-8-16(9-7-11,15(20)21)19-14-12-4-2-3-5-13(12)17-10-18-14/h10-11H,2-9H2,1H3,(H,20,21)(H,17,18,19). The molecule has 0 bridgehead atoms. The normalized spacial score (nSPS) is 28.7. The maximum atomic E-state index is 11.8. The summed E-state index contributed by atoms with van der Waals surface area (Å²) >= 11 is 0. The Morgan fingerprint density at radius 3 is 2.71 bits per heavy atom. The number of aromatic nitrogens is 2. The van der Waals surface area contributed by atoms with Crippen LogP contribution in [0.4, 0.5) is 5.82 Å². The molecule has 0 unspecified atom stereocenters. The largest absolute Gasteiger partial charge is 0.480 e. The van der Waals surface area contributed by atoms with Crippen LogP contribution in [-0.2, 0) is 17.6 Å². The van der Waals surface area contributed by atoms with Crippen molar-refractivity contribution in [2.45, 2.75) is 63.8 Å². The lowest BCUT2D eigenvalue weighted by atomic mass is 9.77. The molecule has 3 rings (SSSR count). The number of carboxylic acids is 1. The van der Waals surface area contributed by atoms with Gasteiger partial charge in [-0.15, -0.1) is 0 Å². The van der Waals surface area contributed by atoms with Crippen LogP contribution >= 0.6 is 0 Å². The van der Waals surface area contributed by atoms with E-state index in [0.29, 0.717) is 18.8 Å². The third kappa shape index (κ3) is 2.74. The molecule has 1 fully saturated rings. The van der Waals surface area contributed by atoms with Crippen LogP contribution < -0.4 is 5.32 Å². The van der Waals surface area contributed by atoms with Crippen molar-refractivity contribution >= 4 is 11.8 Å². The fraction of sp³-hybridized carbons (Fsp3) is 0.688. The number of carbonyl (C=O) groups is 1. The molecule has 0 saturated heterocycles. The third-order valence-corrected chi connectivity index (χ3v) is 5.02. The van der Waals surface area contributed by atoms with Crippen LogP contribution in [0.2, 0.25) is 0 Å². The monoisotopic (exact) mass is 289 g/mol. The van der Waals surface area contributed by atoms with Crippen molar-refractivity contribution in [3.05, 3.63) is 17.6 Å². The minimum atomic E-state index is -0.855. The van der Waals surface area contributed by atoms with Gasteiger partial charge in [0.15, 0.2) is 0 Å². The lowest BCUT2D eigenvalue weighted by Gasteiger charge is -2.37. The van der Waals surface area contributed by atoms with Crippen molar-refractivity contribution in [2.75, 3.05) is 5.32 Å². The Morgan fingerprint density at radius 2 is 2.00 bits per heavy atom. The number of hydrogen-bond acceptors (Lipinski definition) is 4. The van der Waals surface area contributed by atoms with Gasteiger partial charge >= 0.3 is 5.97 Å². The first-order chi connectivity index (χ1) is 10.1. The summed E-state index contributed by atoms with van der Waals surface area (Å²) in [4.78, 5) is 20.6. The topological polar surface area (TPSA) is 75.1 Å². The van der Waals surface area contributed by atoms with Crippen molar-refractivity contribution in [3.63, 3.8) is 0 Å². The summed E-state index contributed by atoms with van der Waals surface area (Å²) in [6.07, 6.45) is 9.02. The average Bonchev–Trinajstić information content (AvgIpc) is 2.50. The maximum Gasteiger partial charge on any atom is 0.329 e. The predicted octanol–water partition coefficient (Wildman–Crippen LogP) is 2.80. The van der Waals surface area contributed by atoms with E-state index in [1.54, 1.807) is 6.33 Å². The van der Waals surface area contributed by atoms with Crippen molar-refractivity contribution in [1.29, 1.82) is 0 Å². The number of nitrogens with one attached hydrogen (secondary N) is 1. The molecule has 0 radical (unpaired) electrons. The summed E-state index contributed by atoms with van der Waals surface area (Å²) in [5.41, 5.74) is 1.36. The van der Waals surface area contributed by atoms with Crippen molar-refractivity contribution in [2.24, 2.45) is 5.92 Å². The van der Waals surface area contributed by atoms with Gasteiger partial charge in [-0.25, -0.2) is 14.8 Å². The van der Waals surface area contributed by atoms with Crippen LogP contribution in [0.5, 0.6) is 0 Å². The van der Waals surface area contributed by atoms with E-state index in [2.05, 4.69) is 22.2 Å². The van der Waals surface area contributed by atoms with E-state index in [4.69, 9.17) is 0 Å². The van der Waals surface area contributed by atoms with Gasteiger partial charge in [-0.3, -0.25) is 0 Å². The summed E-state index contributed by atoms with van der Waals surface area (Å²) in [6.45, 7) is 2.19. The Labute approximate surface area is 125 Å². The quantitative estimate of drug-likeness (QED) is 0.895. The van der Waals surface area contributed by atoms with E-state index in [0.717, 1.165) is 55.6 Å². The van der Waals surface area contributed by atoms with Crippen molar-refractivity contribution in [1.82, 2.24) is 9.97 Å². The smallest absolute Gasteiger partial charge is 0.329 e. The van der Waals surface area contributed by atoms with Crippen molar-refractivity contribution in [3.8, 4) is 0 Å². The Bertz CT molecular complexity index is 536. The zero-order chi connectivity index (χ0) is 14.9. The van der Waals surface area contributed by atoms with E-state index >= 15 is 0 Å². The number of anilines is 1. The van der Waals surface area contributed by atoms with Crippen LogP contribution in [0, 0.1) is 5.92 Å². The number of aryl methyl sites for hydroxylation is 1. The number of hydrogen-bond donors (Lipinski definition) is 2. The first-order valence-electron chi connectivity index (χ1n) is 7.95. The molecule has 0 aromatic carbocycles. The first-order valence-corrected chi connectivity index (χ1v) is 7.95. The molecule has 2 aliphatic carbocycles. The summed E-state index contributed by atoms with van der Waals surface area (Å²) in [5, 5.41) is 13.0. The fourth-order valence-corrected chi connectivity index (χ4v) is 3.50. The Balaban J connectivity index is 1.88. The molecule has 0 aliphatic heterocycles. The molecule has 1 aromatic heterocycles. The van der Waals surface area contributed by atoms with Gasteiger partial charge in [0.25, 0.3) is 0 Å². The van der Waals surface area contributed by atoms with Gasteiger partial charge in [0, 0.05) is 11.3 Å². The summed E-state index contributed by atoms with van der Waals surface area (Å²) < 4.78 is 0. The Kier molecular flexibility index (Phi) is 3.83. The molecule has 0 amide bonds. The fourth-order valence-electron chi connectivity index (χ4n) is 3.50. The minimum Gasteiger partial charge on any atom is -0.480 e. The number of aliphatic carboxylic acids is 1. The summed E-state index contributed by atoms with van der Waals surface area (Å²) in [6, 6.07) is 0. The molecule has 5 heteroatoms. The molecule has 0 spiro atoms. The first kappa shape index (κ1) is 14.3. The second-order valence-corrected chi connectivity index (χ2v) is 6.55. The molecule has 1 saturated carbocycles. The molecule has 114 valence electrons. The molecule has 5 nitrogen and oxygen atoms in total. The summed E-state index contributed by atoms with van der Waals surface area (Å²) in [5.74, 6) is 0.604. The number of rotatable bonds is 3. The highest BCUT2D eigenvalue weighted by Gasteiger charge is 2.42. The number of fused-ring (bicyclic) bond motifs is 1. The van der Waals surface area contributed by atoms with Crippen LogP contribution in [0.25, 0.3) is 0 Å². The van der Waals surface area contributed by atoms with E-state index in [1.807, 2.05) is 0 Å². The highest BCUT2D eigenvalue weighted by molar-refractivity contribution is 5.83. The van der Waals surface area contributed by atoms with Gasteiger partial charge in [0.05, 0.1) is 0 Å². The van der Waals surface area contributed by atoms with Gasteiger partial charge in [0.2, 0.25) is 0 Å². The van der Waals surface area contributed by atoms with Crippen LogP contribution in [0.1, 0.15) is 56.7 Å². The van der Waals surface area contributed by atoms with E-state index in [9.17, 15) is 9.90 Å². The zero-order valence-electron chi connectivity index (χ0n) is 12.6. The predicted molar refractivity (Wildman–Crippen MR) is 80.3 cm³/mol. The van der Waals surface area contributed by atoms with Gasteiger partial charge in [-0.1, -0.05) is 6.92 Å². The highest BCUT2D eigenvalue weighted by Crippen LogP contribution is 2.36. The maximum absolute atomic E-state index is 11.8. The number of carboxylic acid groups (broad SMARTS) is 1. The van der Waals surface area contributed by atoms with E-state index < -0.39 is 11.5 Å². The van der Waals surface area contributed by atoms with Gasteiger partial charge in [-0.05, 0) is 57.3 Å². The lowest BCUT2D eigenvalue weighted by Crippen LogP contribution is -2.49. The SMILES string of the molecule is CC1CCC(Nc2ncnc3c2CCCC3)(C(=O)O)CC1. The second kappa shape index (κ2) is 5.62. The Hall–Kier alpha value is -1.65. The molecule has 21 heavy (non-hydrogen) atoms. The third-order valence-electron chi connectivity index (χ3n) is 5.02. The van der Waals surface area contributed by atoms with Gasteiger partial charge in [-0.2, -0.15) is 0 Å². The van der Waals surface area contributed by atoms with Crippen molar-refractivity contribution < 1.29 is 9.90 Å². The average molecular weight is 289 g/mol. The van der Waals surface area contributed by atoms with Crippen LogP contribution in [0.3, 0.4) is 0 Å². The molecule has 2 N–H and O–H groups in total. The second-order valence-electron chi connectivity index (χ2n) is 6.55. The lowest BCUT2D eigenvalue weighted by molar-refractivity contribution is -0.143. The number of nitrogens with zero attached hydrogens (tertiary/aromatic N) is 2. The zero-order valence-corrected chi connectivity index (χ0v) is 12.6. The minimum absolute atomic E-state index is 0.610. The molecular formula is C16H23N3O2. The molecule has 0 atom stereocenters. The Morgan fingerprint density at radius 1 is 1.29 bits per heavy atom. The van der Waals surface area contributed by atoms with E-state index in [1.165, 1.54) is 0 Å². The molecular weight excluding hydrogens is 266 g/mol. The van der Waals surface area contributed by atoms with Gasteiger partial charge in [0.1, 0.15) is 17.7 Å². The highest BCUT2D eigenvalue weighted by atomic mass is 16.4. The van der Waals surface area contributed by atoms with Gasteiger partial charge < -0.3 is 10.4 Å². The molecule has 1 aromatic rings. The molecule has 1 heterocycles. The van der Waals surface area contributed by atoms with Crippen LogP contribution in [0.15, 0.2) is 6.33 Å². The molecule has 2 aliphatic rings. The van der Waals surface area contributed by atoms with Crippen LogP contribution in [-0.4, -0.2) is 26.6 Å². The van der Waals surface area contributed by atoms with E-state index in [-0.39, 0.29) is 0 Å². The summed E-state index contributed by atoms with van der Waals surface area (Å²) in [7, 11) is 0.